The summed E-state index contributed by atoms with van der Waals surface area (Å²) in [6.07, 6.45) is 1.75. The molecule has 0 saturated heterocycles. The zero-order valence-corrected chi connectivity index (χ0v) is 16.2. The molecule has 0 radical (unpaired) electrons. The van der Waals surface area contributed by atoms with Crippen LogP contribution in [0.1, 0.15) is 13.8 Å². The number of nitrogens with one attached hydrogen (secondary N) is 3. The van der Waals surface area contributed by atoms with E-state index in [0.717, 1.165) is 17.1 Å². The van der Waals surface area contributed by atoms with Crippen molar-refractivity contribution in [3.05, 3.63) is 60.9 Å². The summed E-state index contributed by atoms with van der Waals surface area (Å²) >= 11 is 0. The largest absolute Gasteiger partial charge is 0.354 e. The summed E-state index contributed by atoms with van der Waals surface area (Å²) in [5, 5.41) is 9.24. The van der Waals surface area contributed by atoms with Crippen molar-refractivity contribution in [3.63, 3.8) is 0 Å². The van der Waals surface area contributed by atoms with Crippen LogP contribution >= 0.6 is 0 Å². The van der Waals surface area contributed by atoms with Gasteiger partial charge in [-0.2, -0.15) is 9.97 Å². The van der Waals surface area contributed by atoms with Gasteiger partial charge in [0, 0.05) is 30.5 Å². The maximum Gasteiger partial charge on any atom is 0.226 e. The van der Waals surface area contributed by atoms with E-state index < -0.39 is 0 Å². The highest BCUT2D eigenvalue weighted by Crippen LogP contribution is 2.26. The van der Waals surface area contributed by atoms with E-state index in [0.29, 0.717) is 29.5 Å². The number of hydrogen-bond donors (Lipinski definition) is 3. The van der Waals surface area contributed by atoms with Gasteiger partial charge in [0.1, 0.15) is 6.33 Å². The minimum absolute atomic E-state index is 0.107. The Hall–Kier alpha value is -3.94. The predicted molar refractivity (Wildman–Crippen MR) is 115 cm³/mol. The molecule has 3 N–H and O–H groups in total. The smallest absolute Gasteiger partial charge is 0.226 e. The van der Waals surface area contributed by atoms with Crippen LogP contribution in [-0.2, 0) is 4.79 Å². The lowest BCUT2D eigenvalue weighted by Gasteiger charge is -2.11. The maximum absolute atomic E-state index is 11.2. The number of aromatic nitrogens is 4. The molecule has 0 saturated carbocycles. The first kappa shape index (κ1) is 18.4. The number of nitrogens with zero attached hydrogens (tertiary/aromatic N) is 4. The lowest BCUT2D eigenvalue weighted by atomic mass is 10.2. The summed E-state index contributed by atoms with van der Waals surface area (Å²) in [7, 11) is 0. The van der Waals surface area contributed by atoms with Gasteiger partial charge in [-0.1, -0.05) is 18.2 Å². The summed E-state index contributed by atoms with van der Waals surface area (Å²) in [4.78, 5) is 25.0. The zero-order chi connectivity index (χ0) is 20.2. The van der Waals surface area contributed by atoms with Crippen LogP contribution < -0.4 is 16.0 Å². The summed E-state index contributed by atoms with van der Waals surface area (Å²) in [6.45, 7) is 4.18. The minimum Gasteiger partial charge on any atom is -0.354 e. The standard InChI is InChI=1S/C21H21N7O/c1-3-22-21-26-19(25-16-11-9-15(10-12-16)24-14(2)29)18-20(27-21)28(13-23-18)17-7-5-4-6-8-17/h4-13H,3H2,1-2H3,(H,24,29)(H2,22,25,26,27). The second kappa shape index (κ2) is 7.97. The van der Waals surface area contributed by atoms with Gasteiger partial charge in [-0.05, 0) is 43.3 Å². The second-order valence-electron chi connectivity index (χ2n) is 6.43. The number of amides is 1. The number of rotatable bonds is 6. The van der Waals surface area contributed by atoms with Gasteiger partial charge in [0.05, 0.1) is 0 Å². The van der Waals surface area contributed by atoms with E-state index in [9.17, 15) is 4.79 Å². The fourth-order valence-electron chi connectivity index (χ4n) is 2.98. The number of hydrogen-bond acceptors (Lipinski definition) is 6. The number of fused-ring (bicyclic) bond motifs is 1. The van der Waals surface area contributed by atoms with Crippen LogP contribution in [0.2, 0.25) is 0 Å². The minimum atomic E-state index is -0.107. The Balaban J connectivity index is 1.73. The van der Waals surface area contributed by atoms with Gasteiger partial charge in [0.15, 0.2) is 17.0 Å². The van der Waals surface area contributed by atoms with Crippen molar-refractivity contribution in [3.8, 4) is 5.69 Å². The van der Waals surface area contributed by atoms with E-state index in [1.807, 2.05) is 66.1 Å². The van der Waals surface area contributed by atoms with Crippen molar-refractivity contribution in [2.24, 2.45) is 0 Å². The molecule has 8 heteroatoms. The number of carbonyl (C=O) groups is 1. The Kier molecular flexibility index (Phi) is 5.07. The molecule has 146 valence electrons. The fourth-order valence-corrected chi connectivity index (χ4v) is 2.98. The maximum atomic E-state index is 11.2. The molecule has 0 aliphatic rings. The Morgan fingerprint density at radius 3 is 2.41 bits per heavy atom. The van der Waals surface area contributed by atoms with E-state index >= 15 is 0 Å². The van der Waals surface area contributed by atoms with Gasteiger partial charge in [-0.15, -0.1) is 0 Å². The SMILES string of the molecule is CCNc1nc(Nc2ccc(NC(C)=O)cc2)c2ncn(-c3ccccc3)c2n1. The molecule has 0 bridgehead atoms. The Bertz CT molecular complexity index is 1140. The molecule has 8 nitrogen and oxygen atoms in total. The zero-order valence-electron chi connectivity index (χ0n) is 16.2. The van der Waals surface area contributed by atoms with E-state index in [4.69, 9.17) is 0 Å². The molecule has 29 heavy (non-hydrogen) atoms. The molecule has 2 heterocycles. The third-order valence-electron chi connectivity index (χ3n) is 4.23. The molecular formula is C21H21N7O. The summed E-state index contributed by atoms with van der Waals surface area (Å²) in [5.41, 5.74) is 3.91. The highest BCUT2D eigenvalue weighted by atomic mass is 16.1. The van der Waals surface area contributed by atoms with E-state index in [1.165, 1.54) is 6.92 Å². The number of benzene rings is 2. The lowest BCUT2D eigenvalue weighted by Crippen LogP contribution is -2.07. The quantitative estimate of drug-likeness (QED) is 0.464. The molecule has 0 aliphatic heterocycles. The van der Waals surface area contributed by atoms with Crippen molar-refractivity contribution >= 4 is 40.2 Å². The van der Waals surface area contributed by atoms with Crippen LogP contribution in [0.3, 0.4) is 0 Å². The Morgan fingerprint density at radius 2 is 1.72 bits per heavy atom. The Morgan fingerprint density at radius 1 is 1.00 bits per heavy atom. The third kappa shape index (κ3) is 4.01. The van der Waals surface area contributed by atoms with Gasteiger partial charge in [-0.25, -0.2) is 4.98 Å². The highest BCUT2D eigenvalue weighted by Gasteiger charge is 2.14. The summed E-state index contributed by atoms with van der Waals surface area (Å²) in [6, 6.07) is 17.3. The van der Waals surface area contributed by atoms with Gasteiger partial charge < -0.3 is 16.0 Å². The van der Waals surface area contributed by atoms with Crippen LogP contribution in [0.4, 0.5) is 23.1 Å². The van der Waals surface area contributed by atoms with Crippen LogP contribution in [-0.4, -0.2) is 32.0 Å². The molecular weight excluding hydrogens is 366 g/mol. The van der Waals surface area contributed by atoms with Crippen molar-refractivity contribution in [1.82, 2.24) is 19.5 Å². The molecule has 2 aromatic carbocycles. The van der Waals surface area contributed by atoms with Gasteiger partial charge in [0.2, 0.25) is 11.9 Å². The molecule has 0 fully saturated rings. The number of anilines is 4. The monoisotopic (exact) mass is 387 g/mol. The molecule has 4 aromatic rings. The molecule has 0 spiro atoms. The molecule has 2 aromatic heterocycles. The van der Waals surface area contributed by atoms with Crippen molar-refractivity contribution in [1.29, 1.82) is 0 Å². The highest BCUT2D eigenvalue weighted by molar-refractivity contribution is 5.90. The van der Waals surface area contributed by atoms with E-state index in [2.05, 4.69) is 30.9 Å². The molecule has 4 rings (SSSR count). The van der Waals surface area contributed by atoms with Gasteiger partial charge >= 0.3 is 0 Å². The van der Waals surface area contributed by atoms with Gasteiger partial charge in [0.25, 0.3) is 0 Å². The third-order valence-corrected chi connectivity index (χ3v) is 4.23. The molecule has 0 unspecified atom stereocenters. The average Bonchev–Trinajstić information content (AvgIpc) is 3.14. The fraction of sp³-hybridized carbons (Fsp3) is 0.143. The normalized spacial score (nSPS) is 10.7. The predicted octanol–water partition coefficient (Wildman–Crippen LogP) is 3.95. The van der Waals surface area contributed by atoms with Crippen LogP contribution in [0, 0.1) is 0 Å². The van der Waals surface area contributed by atoms with E-state index in [1.54, 1.807) is 6.33 Å². The first-order valence-electron chi connectivity index (χ1n) is 9.33. The summed E-state index contributed by atoms with van der Waals surface area (Å²) < 4.78 is 1.93. The van der Waals surface area contributed by atoms with Crippen molar-refractivity contribution in [2.75, 3.05) is 22.5 Å². The van der Waals surface area contributed by atoms with Crippen LogP contribution in [0.15, 0.2) is 60.9 Å². The lowest BCUT2D eigenvalue weighted by molar-refractivity contribution is -0.114. The number of para-hydroxylation sites is 1. The van der Waals surface area contributed by atoms with Crippen LogP contribution in [0.5, 0.6) is 0 Å². The topological polar surface area (TPSA) is 96.8 Å². The van der Waals surface area contributed by atoms with Crippen molar-refractivity contribution < 1.29 is 4.79 Å². The number of imidazole rings is 1. The van der Waals surface area contributed by atoms with Gasteiger partial charge in [-0.3, -0.25) is 9.36 Å². The first-order chi connectivity index (χ1) is 14.1. The number of carbonyl (C=O) groups excluding carboxylic acids is 1. The molecule has 1 amide bonds. The first-order valence-corrected chi connectivity index (χ1v) is 9.33. The van der Waals surface area contributed by atoms with E-state index in [-0.39, 0.29) is 5.91 Å². The molecule has 0 atom stereocenters. The second-order valence-corrected chi connectivity index (χ2v) is 6.43. The average molecular weight is 387 g/mol. The Labute approximate surface area is 168 Å². The van der Waals surface area contributed by atoms with Crippen molar-refractivity contribution in [2.45, 2.75) is 13.8 Å². The van der Waals surface area contributed by atoms with Crippen LogP contribution in [0.25, 0.3) is 16.9 Å². The molecule has 0 aliphatic carbocycles. The summed E-state index contributed by atoms with van der Waals surface area (Å²) in [5.74, 6) is 1.02.